The van der Waals surface area contributed by atoms with Crippen molar-refractivity contribution in [3.05, 3.63) is 29.8 Å². The molecule has 1 aromatic rings. The molecular weight excluding hydrogens is 290 g/mol. The molecule has 21 heavy (non-hydrogen) atoms. The number of hydrogen-bond donors (Lipinski definition) is 2. The molecule has 2 amide bonds. The lowest BCUT2D eigenvalue weighted by molar-refractivity contribution is -0.133. The van der Waals surface area contributed by atoms with Gasteiger partial charge in [-0.25, -0.2) is 0 Å². The second-order valence-corrected chi connectivity index (χ2v) is 4.71. The number of rotatable bonds is 7. The van der Waals surface area contributed by atoms with Crippen molar-refractivity contribution in [3.8, 4) is 0 Å². The number of hydrogen-bond acceptors (Lipinski definition) is 3. The van der Waals surface area contributed by atoms with E-state index in [0.29, 0.717) is 6.54 Å². The van der Waals surface area contributed by atoms with Crippen LogP contribution in [-0.4, -0.2) is 43.4 Å². The quantitative estimate of drug-likeness (QED) is 0.807. The van der Waals surface area contributed by atoms with Crippen LogP contribution >= 0.6 is 12.4 Å². The molecule has 0 saturated carbocycles. The summed E-state index contributed by atoms with van der Waals surface area (Å²) in [4.78, 5) is 25.5. The van der Waals surface area contributed by atoms with Gasteiger partial charge in [-0.15, -0.1) is 12.4 Å². The van der Waals surface area contributed by atoms with E-state index in [1.54, 1.807) is 11.9 Å². The summed E-state index contributed by atoms with van der Waals surface area (Å²) in [5.74, 6) is -0.230. The zero-order valence-corrected chi connectivity index (χ0v) is 13.6. The SMILES string of the molecule is CCCN(CC(=O)Nc1ccccc1C)C(=O)CNC.Cl. The normalized spacial score (nSPS) is 9.67. The lowest BCUT2D eigenvalue weighted by Gasteiger charge is -2.21. The number of carbonyl (C=O) groups is 2. The minimum atomic E-state index is -0.169. The number of aryl methyl sites for hydroxylation is 1. The summed E-state index contributed by atoms with van der Waals surface area (Å²) in [6.45, 7) is 4.84. The molecule has 0 unspecified atom stereocenters. The Hall–Kier alpha value is -1.59. The van der Waals surface area contributed by atoms with Crippen molar-refractivity contribution < 1.29 is 9.59 Å². The predicted octanol–water partition coefficient (Wildman–Crippen LogP) is 1.81. The van der Waals surface area contributed by atoms with Crippen molar-refractivity contribution in [2.24, 2.45) is 0 Å². The third-order valence-electron chi connectivity index (χ3n) is 2.93. The first-order valence-corrected chi connectivity index (χ1v) is 6.86. The molecule has 0 aliphatic heterocycles. The van der Waals surface area contributed by atoms with Crippen molar-refractivity contribution in [2.45, 2.75) is 20.3 Å². The first-order valence-electron chi connectivity index (χ1n) is 6.86. The molecule has 118 valence electrons. The number of para-hydroxylation sites is 1. The van der Waals surface area contributed by atoms with Gasteiger partial charge in [0, 0.05) is 12.2 Å². The van der Waals surface area contributed by atoms with Crippen LogP contribution in [0.1, 0.15) is 18.9 Å². The van der Waals surface area contributed by atoms with Crippen molar-refractivity contribution >= 4 is 29.9 Å². The summed E-state index contributed by atoms with van der Waals surface area (Å²) in [6, 6.07) is 7.59. The van der Waals surface area contributed by atoms with Crippen molar-refractivity contribution in [2.75, 3.05) is 32.0 Å². The van der Waals surface area contributed by atoms with Gasteiger partial charge in [-0.1, -0.05) is 25.1 Å². The minimum absolute atomic E-state index is 0. The van der Waals surface area contributed by atoms with Crippen LogP contribution in [0.5, 0.6) is 0 Å². The molecule has 0 atom stereocenters. The summed E-state index contributed by atoms with van der Waals surface area (Å²) in [5.41, 5.74) is 1.79. The van der Waals surface area contributed by atoms with Gasteiger partial charge in [-0.05, 0) is 32.0 Å². The zero-order chi connectivity index (χ0) is 15.0. The van der Waals surface area contributed by atoms with Crippen molar-refractivity contribution in [3.63, 3.8) is 0 Å². The Morgan fingerprint density at radius 3 is 2.48 bits per heavy atom. The average Bonchev–Trinajstić information content (AvgIpc) is 2.41. The second kappa shape index (κ2) is 10.2. The Morgan fingerprint density at radius 2 is 1.90 bits per heavy atom. The molecule has 0 fully saturated rings. The van der Waals surface area contributed by atoms with E-state index < -0.39 is 0 Å². The van der Waals surface area contributed by atoms with Gasteiger partial charge in [-0.3, -0.25) is 9.59 Å². The number of carbonyl (C=O) groups excluding carboxylic acids is 2. The molecule has 6 heteroatoms. The average molecular weight is 314 g/mol. The number of halogens is 1. The van der Waals surface area contributed by atoms with E-state index in [-0.39, 0.29) is 37.3 Å². The summed E-state index contributed by atoms with van der Waals surface area (Å²) in [7, 11) is 1.72. The largest absolute Gasteiger partial charge is 0.332 e. The standard InChI is InChI=1S/C15H23N3O2.ClH/c1-4-9-18(15(20)10-16-3)11-14(19)17-13-8-6-5-7-12(13)2;/h5-8,16H,4,9-11H2,1-3H3,(H,17,19);1H. The Balaban J connectivity index is 0.00000400. The highest BCUT2D eigenvalue weighted by molar-refractivity contribution is 5.95. The fourth-order valence-corrected chi connectivity index (χ4v) is 1.90. The Labute approximate surface area is 132 Å². The summed E-state index contributed by atoms with van der Waals surface area (Å²) >= 11 is 0. The smallest absolute Gasteiger partial charge is 0.244 e. The van der Waals surface area contributed by atoms with Crippen LogP contribution in [0.4, 0.5) is 5.69 Å². The summed E-state index contributed by atoms with van der Waals surface area (Å²) in [6.07, 6.45) is 0.826. The van der Waals surface area contributed by atoms with E-state index in [1.807, 2.05) is 38.1 Å². The lowest BCUT2D eigenvalue weighted by Crippen LogP contribution is -2.42. The highest BCUT2D eigenvalue weighted by Crippen LogP contribution is 2.12. The van der Waals surface area contributed by atoms with Gasteiger partial charge in [-0.2, -0.15) is 0 Å². The van der Waals surface area contributed by atoms with Gasteiger partial charge >= 0.3 is 0 Å². The van der Waals surface area contributed by atoms with Crippen LogP contribution < -0.4 is 10.6 Å². The van der Waals surface area contributed by atoms with E-state index in [4.69, 9.17) is 0 Å². The molecule has 0 heterocycles. The Bertz CT molecular complexity index is 466. The molecule has 1 aromatic carbocycles. The molecule has 0 aromatic heterocycles. The number of nitrogens with zero attached hydrogens (tertiary/aromatic N) is 1. The van der Waals surface area contributed by atoms with Crippen LogP contribution in [0, 0.1) is 6.92 Å². The lowest BCUT2D eigenvalue weighted by atomic mass is 10.2. The first-order chi connectivity index (χ1) is 9.58. The molecule has 1 rings (SSSR count). The van der Waals surface area contributed by atoms with Gasteiger partial charge in [0.05, 0.1) is 13.1 Å². The minimum Gasteiger partial charge on any atom is -0.332 e. The predicted molar refractivity (Wildman–Crippen MR) is 87.9 cm³/mol. The van der Waals surface area contributed by atoms with E-state index in [0.717, 1.165) is 17.7 Å². The zero-order valence-electron chi connectivity index (χ0n) is 12.8. The van der Waals surface area contributed by atoms with Crippen LogP contribution in [0.25, 0.3) is 0 Å². The van der Waals surface area contributed by atoms with Crippen LogP contribution in [0.15, 0.2) is 24.3 Å². The molecular formula is C15H24ClN3O2. The first kappa shape index (κ1) is 19.4. The van der Waals surface area contributed by atoms with Gasteiger partial charge in [0.25, 0.3) is 0 Å². The Morgan fingerprint density at radius 1 is 1.24 bits per heavy atom. The molecule has 0 aliphatic carbocycles. The summed E-state index contributed by atoms with van der Waals surface area (Å²) in [5, 5.41) is 5.66. The maximum atomic E-state index is 12.0. The maximum absolute atomic E-state index is 12.0. The molecule has 2 N–H and O–H groups in total. The number of nitrogens with one attached hydrogen (secondary N) is 2. The molecule has 0 saturated heterocycles. The molecule has 0 spiro atoms. The monoisotopic (exact) mass is 313 g/mol. The van der Waals surface area contributed by atoms with Crippen LogP contribution in [0.3, 0.4) is 0 Å². The van der Waals surface area contributed by atoms with E-state index in [9.17, 15) is 9.59 Å². The highest BCUT2D eigenvalue weighted by Gasteiger charge is 2.15. The molecule has 5 nitrogen and oxygen atoms in total. The number of likely N-dealkylation sites (N-methyl/N-ethyl adjacent to an activating group) is 1. The summed E-state index contributed by atoms with van der Waals surface area (Å²) < 4.78 is 0. The van der Waals surface area contributed by atoms with Gasteiger partial charge in [0.1, 0.15) is 0 Å². The van der Waals surface area contributed by atoms with Crippen molar-refractivity contribution in [1.82, 2.24) is 10.2 Å². The highest BCUT2D eigenvalue weighted by atomic mass is 35.5. The van der Waals surface area contributed by atoms with Crippen molar-refractivity contribution in [1.29, 1.82) is 0 Å². The molecule has 0 radical (unpaired) electrons. The molecule has 0 aliphatic rings. The van der Waals surface area contributed by atoms with Crippen LogP contribution in [-0.2, 0) is 9.59 Å². The van der Waals surface area contributed by atoms with Gasteiger partial charge in [0.15, 0.2) is 0 Å². The Kier molecular flexibility index (Phi) is 9.41. The number of anilines is 1. The van der Waals surface area contributed by atoms with E-state index in [1.165, 1.54) is 0 Å². The van der Waals surface area contributed by atoms with Crippen LogP contribution in [0.2, 0.25) is 0 Å². The third-order valence-corrected chi connectivity index (χ3v) is 2.93. The molecule has 0 bridgehead atoms. The van der Waals surface area contributed by atoms with E-state index in [2.05, 4.69) is 10.6 Å². The maximum Gasteiger partial charge on any atom is 0.244 e. The van der Waals surface area contributed by atoms with Gasteiger partial charge in [0.2, 0.25) is 11.8 Å². The fourth-order valence-electron chi connectivity index (χ4n) is 1.90. The number of benzene rings is 1. The fraction of sp³-hybridized carbons (Fsp3) is 0.467. The number of amides is 2. The van der Waals surface area contributed by atoms with Gasteiger partial charge < -0.3 is 15.5 Å². The van der Waals surface area contributed by atoms with E-state index >= 15 is 0 Å². The second-order valence-electron chi connectivity index (χ2n) is 4.71. The topological polar surface area (TPSA) is 61.4 Å². The third kappa shape index (κ3) is 6.60.